The van der Waals surface area contributed by atoms with E-state index in [-0.39, 0.29) is 6.17 Å². The molecule has 1 aliphatic heterocycles. The molecule has 1 aromatic heterocycles. The highest BCUT2D eigenvalue weighted by molar-refractivity contribution is 6.17. The van der Waals surface area contributed by atoms with Crippen LogP contribution in [0.25, 0.3) is 55.8 Å². The van der Waals surface area contributed by atoms with Gasteiger partial charge < -0.3 is 5.32 Å². The Kier molecular flexibility index (Phi) is 7.52. The van der Waals surface area contributed by atoms with Gasteiger partial charge in [0.2, 0.25) is 0 Å². The van der Waals surface area contributed by atoms with Crippen molar-refractivity contribution in [3.8, 4) is 44.9 Å². The van der Waals surface area contributed by atoms with Crippen LogP contribution >= 0.6 is 0 Å². The lowest BCUT2D eigenvalue weighted by Crippen LogP contribution is -2.20. The normalized spacial score (nSPS) is 13.7. The lowest BCUT2D eigenvalue weighted by Gasteiger charge is -2.26. The van der Waals surface area contributed by atoms with Crippen LogP contribution < -0.4 is 5.32 Å². The van der Waals surface area contributed by atoms with Crippen LogP contribution in [0.2, 0.25) is 0 Å². The molecule has 9 rings (SSSR count). The molecule has 1 atom stereocenters. The Morgan fingerprint density at radius 1 is 0.400 bits per heavy atom. The minimum atomic E-state index is -0.237. The largest absolute Gasteiger partial charge is 0.360 e. The van der Waals surface area contributed by atoms with E-state index in [1.54, 1.807) is 0 Å². The van der Waals surface area contributed by atoms with Gasteiger partial charge in [-0.05, 0) is 39.9 Å². The van der Waals surface area contributed by atoms with Crippen LogP contribution in [0.5, 0.6) is 0 Å². The minimum Gasteiger partial charge on any atom is -0.360 e. The number of nitrogens with one attached hydrogen (secondary N) is 1. The second-order valence-electron chi connectivity index (χ2n) is 12.5. The number of benzene rings is 7. The van der Waals surface area contributed by atoms with Crippen molar-refractivity contribution in [3.63, 3.8) is 0 Å². The van der Waals surface area contributed by atoms with E-state index in [0.29, 0.717) is 5.82 Å². The second kappa shape index (κ2) is 12.8. The molecule has 8 aromatic rings. The summed E-state index contributed by atoms with van der Waals surface area (Å²) in [5, 5.41) is 4.69. The summed E-state index contributed by atoms with van der Waals surface area (Å²) in [5.74, 6) is 0.696. The highest BCUT2D eigenvalue weighted by Crippen LogP contribution is 2.35. The number of hydrogen-bond donors (Lipinski definition) is 1. The van der Waals surface area contributed by atoms with Crippen molar-refractivity contribution < 1.29 is 0 Å². The van der Waals surface area contributed by atoms with E-state index in [1.165, 1.54) is 22.3 Å². The zero-order valence-corrected chi connectivity index (χ0v) is 27.2. The van der Waals surface area contributed by atoms with E-state index < -0.39 is 0 Å². The highest BCUT2D eigenvalue weighted by atomic mass is 15.1. The minimum absolute atomic E-state index is 0.237. The van der Waals surface area contributed by atoms with Crippen LogP contribution in [0.3, 0.4) is 0 Å². The van der Waals surface area contributed by atoms with Crippen molar-refractivity contribution in [2.75, 3.05) is 5.32 Å². The van der Waals surface area contributed by atoms with Gasteiger partial charge in [0.15, 0.2) is 5.82 Å². The second-order valence-corrected chi connectivity index (χ2v) is 12.5. The number of para-hydroxylation sites is 2. The summed E-state index contributed by atoms with van der Waals surface area (Å²) in [6.45, 7) is 0. The van der Waals surface area contributed by atoms with Crippen LogP contribution in [0, 0.1) is 0 Å². The molecule has 4 nitrogen and oxygen atoms in total. The van der Waals surface area contributed by atoms with Gasteiger partial charge in [0.05, 0.1) is 16.9 Å². The highest BCUT2D eigenvalue weighted by Gasteiger charge is 2.23. The van der Waals surface area contributed by atoms with E-state index >= 15 is 0 Å². The van der Waals surface area contributed by atoms with Crippen molar-refractivity contribution in [3.05, 3.63) is 199 Å². The molecule has 2 heterocycles. The molecular weight excluding hydrogens is 609 g/mol. The van der Waals surface area contributed by atoms with Crippen LogP contribution in [0.4, 0.5) is 5.69 Å². The number of nitrogens with zero attached hydrogens (tertiary/aromatic N) is 3. The predicted molar refractivity (Wildman–Crippen MR) is 206 cm³/mol. The maximum absolute atomic E-state index is 5.27. The molecule has 1 aliphatic rings. The van der Waals surface area contributed by atoms with Gasteiger partial charge in [-0.2, -0.15) is 0 Å². The fourth-order valence-electron chi connectivity index (χ4n) is 6.72. The summed E-state index contributed by atoms with van der Waals surface area (Å²) in [5.41, 5.74) is 13.9. The number of anilines is 1. The topological polar surface area (TPSA) is 50.2 Å². The number of aromatic nitrogens is 2. The van der Waals surface area contributed by atoms with E-state index in [0.717, 1.165) is 55.8 Å². The average molecular weight is 641 g/mol. The number of aliphatic imine (C=N–C) groups is 1. The maximum Gasteiger partial charge on any atom is 0.160 e. The molecular formula is C46H32N4. The molecule has 0 saturated carbocycles. The number of rotatable bonds is 6. The van der Waals surface area contributed by atoms with Crippen molar-refractivity contribution in [1.82, 2.24) is 9.97 Å². The van der Waals surface area contributed by atoms with Gasteiger partial charge in [0.25, 0.3) is 0 Å². The SMILES string of the molecule is c1ccc(-c2ccc(C3=NC(c4ccc(-c5nc(-c6ccc(-c7ccccc7)cc6)c6ccccc6n5)cc4)Nc4ccccc43)cc2)cc1. The first kappa shape index (κ1) is 29.5. The third-order valence-corrected chi connectivity index (χ3v) is 9.35. The lowest BCUT2D eigenvalue weighted by molar-refractivity contribution is 0.828. The third kappa shape index (κ3) is 5.63. The van der Waals surface area contributed by atoms with E-state index in [1.807, 2.05) is 24.3 Å². The summed E-state index contributed by atoms with van der Waals surface area (Å²) in [4.78, 5) is 15.4. The van der Waals surface area contributed by atoms with E-state index in [2.05, 4.69) is 163 Å². The first-order chi connectivity index (χ1) is 24.8. The van der Waals surface area contributed by atoms with Crippen LogP contribution in [-0.4, -0.2) is 15.7 Å². The van der Waals surface area contributed by atoms with E-state index in [4.69, 9.17) is 15.0 Å². The molecule has 50 heavy (non-hydrogen) atoms. The van der Waals surface area contributed by atoms with Gasteiger partial charge in [-0.15, -0.1) is 0 Å². The molecule has 1 N–H and O–H groups in total. The van der Waals surface area contributed by atoms with E-state index in [9.17, 15) is 0 Å². The monoisotopic (exact) mass is 640 g/mol. The summed E-state index contributed by atoms with van der Waals surface area (Å²) in [6.07, 6.45) is -0.237. The van der Waals surface area contributed by atoms with Gasteiger partial charge in [0, 0.05) is 33.3 Å². The molecule has 0 radical (unpaired) electrons. The Hall–Kier alpha value is -6.65. The summed E-state index contributed by atoms with van der Waals surface area (Å²) in [6, 6.07) is 63.3. The van der Waals surface area contributed by atoms with Crippen molar-refractivity contribution >= 4 is 22.3 Å². The zero-order chi connectivity index (χ0) is 33.3. The Morgan fingerprint density at radius 2 is 0.920 bits per heavy atom. The smallest absolute Gasteiger partial charge is 0.160 e. The van der Waals surface area contributed by atoms with Crippen LogP contribution in [0.15, 0.2) is 187 Å². The van der Waals surface area contributed by atoms with Gasteiger partial charge in [0.1, 0.15) is 6.17 Å². The van der Waals surface area contributed by atoms with Gasteiger partial charge in [-0.25, -0.2) is 9.97 Å². The van der Waals surface area contributed by atoms with Crippen molar-refractivity contribution in [2.24, 2.45) is 4.99 Å². The van der Waals surface area contributed by atoms with Gasteiger partial charge in [-0.1, -0.05) is 170 Å². The first-order valence-corrected chi connectivity index (χ1v) is 16.9. The number of fused-ring (bicyclic) bond motifs is 2. The average Bonchev–Trinajstić information content (AvgIpc) is 3.21. The lowest BCUT2D eigenvalue weighted by atomic mass is 9.95. The predicted octanol–water partition coefficient (Wildman–Crippen LogP) is 11.3. The Balaban J connectivity index is 1.04. The van der Waals surface area contributed by atoms with Crippen molar-refractivity contribution in [1.29, 1.82) is 0 Å². The fraction of sp³-hybridized carbons (Fsp3) is 0.0217. The standard InChI is InChI=1S/C46H32N4/c1-3-11-31(12-4-1)33-19-23-35(24-20-33)43-39-15-7-9-17-41(39)47-45(49-43)37-27-29-38(30-28-37)46-48-42-18-10-8-16-40(42)44(50-46)36-25-21-34(22-26-36)32-13-5-2-6-14-32/h1-30,45,47H. The Morgan fingerprint density at radius 3 is 1.60 bits per heavy atom. The molecule has 0 spiro atoms. The van der Waals surface area contributed by atoms with Gasteiger partial charge in [-0.3, -0.25) is 4.99 Å². The maximum atomic E-state index is 5.27. The summed E-state index contributed by atoms with van der Waals surface area (Å²) < 4.78 is 0. The summed E-state index contributed by atoms with van der Waals surface area (Å²) >= 11 is 0. The molecule has 0 saturated heterocycles. The van der Waals surface area contributed by atoms with Crippen molar-refractivity contribution in [2.45, 2.75) is 6.17 Å². The van der Waals surface area contributed by atoms with Gasteiger partial charge >= 0.3 is 0 Å². The molecule has 0 bridgehead atoms. The number of hydrogen-bond acceptors (Lipinski definition) is 4. The zero-order valence-electron chi connectivity index (χ0n) is 27.2. The quantitative estimate of drug-likeness (QED) is 0.197. The summed E-state index contributed by atoms with van der Waals surface area (Å²) in [7, 11) is 0. The molecule has 236 valence electrons. The van der Waals surface area contributed by atoms with Crippen LogP contribution in [0.1, 0.15) is 22.9 Å². The molecule has 0 aliphatic carbocycles. The third-order valence-electron chi connectivity index (χ3n) is 9.35. The molecule has 1 unspecified atom stereocenters. The Bertz CT molecular complexity index is 2470. The molecule has 7 aromatic carbocycles. The molecule has 0 fully saturated rings. The van der Waals surface area contributed by atoms with Crippen LogP contribution in [-0.2, 0) is 0 Å². The first-order valence-electron chi connectivity index (χ1n) is 16.9. The fourth-order valence-corrected chi connectivity index (χ4v) is 6.72. The Labute approximate surface area is 291 Å². The molecule has 0 amide bonds. The molecule has 4 heteroatoms.